The highest BCUT2D eigenvalue weighted by atomic mass is 19.4. The van der Waals surface area contributed by atoms with Crippen molar-refractivity contribution >= 4 is 11.6 Å². The lowest BCUT2D eigenvalue weighted by Crippen LogP contribution is -2.49. The van der Waals surface area contributed by atoms with E-state index in [1.165, 1.54) is 6.07 Å². The standard InChI is InChI=1S/C22H20F3N3O2/c1-15-19(20(26-30-15)16-6-3-2-4-7-16)21(29)28-12-10-27(11-13-28)18-9-5-8-17(14-18)22(23,24)25/h2-9,14H,10-13H2,1H3. The van der Waals surface area contributed by atoms with Gasteiger partial charge in [0.15, 0.2) is 0 Å². The third-order valence-corrected chi connectivity index (χ3v) is 5.23. The van der Waals surface area contributed by atoms with Gasteiger partial charge in [0.25, 0.3) is 5.91 Å². The number of aromatic nitrogens is 1. The minimum absolute atomic E-state index is 0.184. The molecule has 2 heterocycles. The fourth-order valence-electron chi connectivity index (χ4n) is 3.62. The van der Waals surface area contributed by atoms with E-state index in [-0.39, 0.29) is 5.91 Å². The molecule has 1 saturated heterocycles. The molecule has 0 atom stereocenters. The van der Waals surface area contributed by atoms with Crippen molar-refractivity contribution in [2.24, 2.45) is 0 Å². The van der Waals surface area contributed by atoms with Crippen LogP contribution >= 0.6 is 0 Å². The zero-order valence-corrected chi connectivity index (χ0v) is 16.3. The summed E-state index contributed by atoms with van der Waals surface area (Å²) in [6.07, 6.45) is -4.38. The second kappa shape index (κ2) is 7.85. The van der Waals surface area contributed by atoms with Crippen LogP contribution in [0.5, 0.6) is 0 Å². The lowest BCUT2D eigenvalue weighted by atomic mass is 10.0. The van der Waals surface area contributed by atoms with Gasteiger partial charge in [-0.15, -0.1) is 0 Å². The molecule has 0 saturated carbocycles. The maximum atomic E-state index is 13.2. The van der Waals surface area contributed by atoms with Gasteiger partial charge in [-0.25, -0.2) is 0 Å². The van der Waals surface area contributed by atoms with Crippen LogP contribution in [0.2, 0.25) is 0 Å². The smallest absolute Gasteiger partial charge is 0.368 e. The Kier molecular flexibility index (Phi) is 5.24. The van der Waals surface area contributed by atoms with Crippen LogP contribution < -0.4 is 4.90 Å². The molecule has 1 aliphatic heterocycles. The second-order valence-electron chi connectivity index (χ2n) is 7.16. The number of hydrogen-bond donors (Lipinski definition) is 0. The van der Waals surface area contributed by atoms with E-state index in [0.29, 0.717) is 48.9 Å². The summed E-state index contributed by atoms with van der Waals surface area (Å²) in [7, 11) is 0. The molecule has 30 heavy (non-hydrogen) atoms. The fourth-order valence-corrected chi connectivity index (χ4v) is 3.62. The predicted octanol–water partition coefficient (Wildman–Crippen LogP) is 4.63. The summed E-state index contributed by atoms with van der Waals surface area (Å²) in [6, 6.07) is 14.6. The summed E-state index contributed by atoms with van der Waals surface area (Å²) < 4.78 is 44.3. The molecule has 0 radical (unpaired) electrons. The van der Waals surface area contributed by atoms with Gasteiger partial charge in [0.1, 0.15) is 17.0 Å². The predicted molar refractivity (Wildman–Crippen MR) is 106 cm³/mol. The molecule has 0 N–H and O–H groups in total. The van der Waals surface area contributed by atoms with Gasteiger partial charge in [0, 0.05) is 37.4 Å². The molecule has 2 aromatic carbocycles. The first kappa shape index (κ1) is 20.0. The van der Waals surface area contributed by atoms with Crippen molar-refractivity contribution in [1.29, 1.82) is 0 Å². The Morgan fingerprint density at radius 1 is 1.00 bits per heavy atom. The van der Waals surface area contributed by atoms with Gasteiger partial charge >= 0.3 is 6.18 Å². The Morgan fingerprint density at radius 2 is 1.70 bits per heavy atom. The van der Waals surface area contributed by atoms with Crippen molar-refractivity contribution in [3.8, 4) is 11.3 Å². The number of nitrogens with zero attached hydrogens (tertiary/aromatic N) is 3. The molecule has 8 heteroatoms. The number of benzene rings is 2. The van der Waals surface area contributed by atoms with E-state index in [2.05, 4.69) is 5.16 Å². The lowest BCUT2D eigenvalue weighted by molar-refractivity contribution is -0.137. The SMILES string of the molecule is Cc1onc(-c2ccccc2)c1C(=O)N1CCN(c2cccc(C(F)(F)F)c2)CC1. The number of amides is 1. The average molecular weight is 415 g/mol. The maximum Gasteiger partial charge on any atom is 0.416 e. The summed E-state index contributed by atoms with van der Waals surface area (Å²) >= 11 is 0. The zero-order valence-electron chi connectivity index (χ0n) is 16.3. The van der Waals surface area contributed by atoms with Crippen LogP contribution in [0.25, 0.3) is 11.3 Å². The van der Waals surface area contributed by atoms with Gasteiger partial charge in [-0.2, -0.15) is 13.2 Å². The Labute approximate surface area is 171 Å². The third kappa shape index (κ3) is 3.90. The van der Waals surface area contributed by atoms with Crippen LogP contribution in [0.3, 0.4) is 0 Å². The molecule has 3 aromatic rings. The first-order valence-corrected chi connectivity index (χ1v) is 9.58. The van der Waals surface area contributed by atoms with Gasteiger partial charge < -0.3 is 14.3 Å². The quantitative estimate of drug-likeness (QED) is 0.626. The van der Waals surface area contributed by atoms with Gasteiger partial charge in [-0.05, 0) is 25.1 Å². The van der Waals surface area contributed by atoms with Crippen LogP contribution in [0.15, 0.2) is 59.1 Å². The van der Waals surface area contributed by atoms with Gasteiger partial charge in [-0.3, -0.25) is 4.79 Å². The molecule has 1 fully saturated rings. The molecular formula is C22H20F3N3O2. The van der Waals surface area contributed by atoms with Crippen LogP contribution in [-0.2, 0) is 6.18 Å². The normalized spacial score (nSPS) is 14.8. The van der Waals surface area contributed by atoms with Crippen LogP contribution in [0.4, 0.5) is 18.9 Å². The monoisotopic (exact) mass is 415 g/mol. The highest BCUT2D eigenvalue weighted by molar-refractivity contribution is 6.00. The number of alkyl halides is 3. The number of piperazine rings is 1. The molecule has 156 valence electrons. The summed E-state index contributed by atoms with van der Waals surface area (Å²) in [5.41, 5.74) is 1.54. The Hall–Kier alpha value is -3.29. The number of carbonyl (C=O) groups excluding carboxylic acids is 1. The summed E-state index contributed by atoms with van der Waals surface area (Å²) in [5.74, 6) is 0.260. The number of hydrogen-bond acceptors (Lipinski definition) is 4. The number of halogens is 3. The molecule has 4 rings (SSSR count). The van der Waals surface area contributed by atoms with E-state index in [4.69, 9.17) is 4.52 Å². The Balaban J connectivity index is 1.49. The van der Waals surface area contributed by atoms with Crippen molar-refractivity contribution < 1.29 is 22.5 Å². The molecule has 1 aromatic heterocycles. The van der Waals surface area contributed by atoms with Crippen molar-refractivity contribution in [3.63, 3.8) is 0 Å². The molecule has 1 amide bonds. The Morgan fingerprint density at radius 3 is 2.37 bits per heavy atom. The largest absolute Gasteiger partial charge is 0.416 e. The van der Waals surface area contributed by atoms with E-state index >= 15 is 0 Å². The number of rotatable bonds is 3. The first-order valence-electron chi connectivity index (χ1n) is 9.58. The summed E-state index contributed by atoms with van der Waals surface area (Å²) in [5, 5.41) is 4.06. The van der Waals surface area contributed by atoms with Crippen molar-refractivity contribution in [2.75, 3.05) is 31.1 Å². The highest BCUT2D eigenvalue weighted by Crippen LogP contribution is 2.32. The van der Waals surface area contributed by atoms with Crippen LogP contribution in [0, 0.1) is 6.92 Å². The first-order chi connectivity index (χ1) is 14.3. The molecule has 1 aliphatic rings. The van der Waals surface area contributed by atoms with E-state index in [0.717, 1.165) is 17.7 Å². The molecular weight excluding hydrogens is 395 g/mol. The maximum absolute atomic E-state index is 13.2. The van der Waals surface area contributed by atoms with Gasteiger partial charge in [0.05, 0.1) is 5.56 Å². The molecule has 0 unspecified atom stereocenters. The van der Waals surface area contributed by atoms with Crippen molar-refractivity contribution in [1.82, 2.24) is 10.1 Å². The van der Waals surface area contributed by atoms with E-state index < -0.39 is 11.7 Å². The minimum atomic E-state index is -4.38. The van der Waals surface area contributed by atoms with E-state index in [9.17, 15) is 18.0 Å². The van der Waals surface area contributed by atoms with Gasteiger partial charge in [-0.1, -0.05) is 41.6 Å². The topological polar surface area (TPSA) is 49.6 Å². The number of carbonyl (C=O) groups is 1. The summed E-state index contributed by atoms with van der Waals surface area (Å²) in [6.45, 7) is 3.38. The minimum Gasteiger partial charge on any atom is -0.368 e. The molecule has 0 bridgehead atoms. The lowest BCUT2D eigenvalue weighted by Gasteiger charge is -2.36. The average Bonchev–Trinajstić information content (AvgIpc) is 3.15. The second-order valence-corrected chi connectivity index (χ2v) is 7.16. The number of aryl methyl sites for hydroxylation is 1. The Bertz CT molecular complexity index is 1040. The van der Waals surface area contributed by atoms with Crippen molar-refractivity contribution in [2.45, 2.75) is 13.1 Å². The molecule has 5 nitrogen and oxygen atoms in total. The van der Waals surface area contributed by atoms with E-state index in [1.54, 1.807) is 17.9 Å². The number of anilines is 1. The van der Waals surface area contributed by atoms with E-state index in [1.807, 2.05) is 35.2 Å². The van der Waals surface area contributed by atoms with Crippen LogP contribution in [0.1, 0.15) is 21.7 Å². The van der Waals surface area contributed by atoms with Crippen molar-refractivity contribution in [3.05, 3.63) is 71.5 Å². The highest BCUT2D eigenvalue weighted by Gasteiger charge is 2.32. The fraction of sp³-hybridized carbons (Fsp3) is 0.273. The molecule has 0 spiro atoms. The zero-order chi connectivity index (χ0) is 21.3. The van der Waals surface area contributed by atoms with Gasteiger partial charge in [0.2, 0.25) is 0 Å². The van der Waals surface area contributed by atoms with Crippen LogP contribution in [-0.4, -0.2) is 42.1 Å². The summed E-state index contributed by atoms with van der Waals surface area (Å²) in [4.78, 5) is 16.7. The third-order valence-electron chi connectivity index (χ3n) is 5.23. The molecule has 0 aliphatic carbocycles.